The van der Waals surface area contributed by atoms with Crippen LogP contribution in [-0.2, 0) is 6.42 Å². The Morgan fingerprint density at radius 1 is 1.25 bits per heavy atom. The second-order valence-electron chi connectivity index (χ2n) is 3.63. The molecule has 0 N–H and O–H groups in total. The monoisotopic (exact) mass is 215 g/mol. The number of nitrogens with zero attached hydrogens (tertiary/aromatic N) is 1. The summed E-state index contributed by atoms with van der Waals surface area (Å²) in [5, 5.41) is 8.74. The summed E-state index contributed by atoms with van der Waals surface area (Å²) < 4.78 is 10.6. The van der Waals surface area contributed by atoms with Crippen molar-refractivity contribution in [3.8, 4) is 17.6 Å². The first-order valence-corrected chi connectivity index (χ1v) is 5.14. The number of hydrogen-bond acceptors (Lipinski definition) is 3. The molecule has 0 aromatic heterocycles. The van der Waals surface area contributed by atoms with Crippen LogP contribution in [0.1, 0.15) is 17.5 Å². The van der Waals surface area contributed by atoms with Crippen LogP contribution in [0.2, 0.25) is 0 Å². The van der Waals surface area contributed by atoms with Gasteiger partial charge in [-0.15, -0.1) is 0 Å². The van der Waals surface area contributed by atoms with Crippen LogP contribution in [0.4, 0.5) is 0 Å². The molecule has 0 heterocycles. The van der Waals surface area contributed by atoms with Gasteiger partial charge >= 0.3 is 0 Å². The molecule has 1 aliphatic carbocycles. The SMILES string of the molecule is COc1ccc2c(c1OC)C(=CC#N)CC2. The molecule has 0 amide bonds. The summed E-state index contributed by atoms with van der Waals surface area (Å²) >= 11 is 0. The maximum atomic E-state index is 8.74. The summed E-state index contributed by atoms with van der Waals surface area (Å²) in [4.78, 5) is 0. The third-order valence-corrected chi connectivity index (χ3v) is 2.86. The molecule has 3 nitrogen and oxygen atoms in total. The first-order valence-electron chi connectivity index (χ1n) is 5.14. The van der Waals surface area contributed by atoms with Crippen molar-refractivity contribution in [3.05, 3.63) is 29.3 Å². The number of nitriles is 1. The fraction of sp³-hybridized carbons (Fsp3) is 0.308. The van der Waals surface area contributed by atoms with Gasteiger partial charge in [0, 0.05) is 11.6 Å². The Balaban J connectivity index is 2.63. The molecule has 16 heavy (non-hydrogen) atoms. The predicted octanol–water partition coefficient (Wildman–Crippen LogP) is 2.56. The Morgan fingerprint density at radius 3 is 2.69 bits per heavy atom. The van der Waals surface area contributed by atoms with E-state index in [0.717, 1.165) is 29.7 Å². The highest BCUT2D eigenvalue weighted by Gasteiger charge is 2.23. The predicted molar refractivity (Wildman–Crippen MR) is 61.5 cm³/mol. The third kappa shape index (κ3) is 1.53. The van der Waals surface area contributed by atoms with Crippen molar-refractivity contribution in [2.75, 3.05) is 14.2 Å². The first-order chi connectivity index (χ1) is 7.81. The Bertz CT molecular complexity index is 483. The highest BCUT2D eigenvalue weighted by molar-refractivity contribution is 5.80. The lowest BCUT2D eigenvalue weighted by Gasteiger charge is -2.12. The summed E-state index contributed by atoms with van der Waals surface area (Å²) in [5.41, 5.74) is 3.29. The molecule has 0 atom stereocenters. The molecule has 0 saturated heterocycles. The van der Waals surface area contributed by atoms with Gasteiger partial charge in [0.15, 0.2) is 11.5 Å². The summed E-state index contributed by atoms with van der Waals surface area (Å²) in [6, 6.07) is 6.03. The van der Waals surface area contributed by atoms with Crippen LogP contribution in [0.5, 0.6) is 11.5 Å². The number of ether oxygens (including phenoxy) is 2. The van der Waals surface area contributed by atoms with Crippen LogP contribution in [-0.4, -0.2) is 14.2 Å². The second kappa shape index (κ2) is 4.28. The lowest BCUT2D eigenvalue weighted by atomic mass is 10.1. The summed E-state index contributed by atoms with van der Waals surface area (Å²) in [7, 11) is 3.24. The normalized spacial score (nSPS) is 15.7. The van der Waals surface area contributed by atoms with Crippen molar-refractivity contribution in [2.45, 2.75) is 12.8 Å². The first kappa shape index (κ1) is 10.6. The zero-order chi connectivity index (χ0) is 11.5. The standard InChI is InChI=1S/C13H13NO2/c1-15-11-6-5-9-3-4-10(7-8-14)12(9)13(11)16-2/h5-7H,3-4H2,1-2H3. The van der Waals surface area contributed by atoms with Crippen molar-refractivity contribution >= 4 is 5.57 Å². The van der Waals surface area contributed by atoms with Crippen LogP contribution < -0.4 is 9.47 Å². The molecular weight excluding hydrogens is 202 g/mol. The number of rotatable bonds is 2. The second-order valence-corrected chi connectivity index (χ2v) is 3.63. The molecule has 1 aromatic carbocycles. The van der Waals surface area contributed by atoms with Crippen LogP contribution >= 0.6 is 0 Å². The molecule has 0 radical (unpaired) electrons. The van der Waals surface area contributed by atoms with Crippen molar-refractivity contribution in [2.24, 2.45) is 0 Å². The van der Waals surface area contributed by atoms with Gasteiger partial charge in [-0.2, -0.15) is 5.26 Å². The largest absolute Gasteiger partial charge is 0.493 e. The molecule has 0 spiro atoms. The molecule has 82 valence electrons. The van der Waals surface area contributed by atoms with E-state index in [0.29, 0.717) is 5.75 Å². The number of hydrogen-bond donors (Lipinski definition) is 0. The van der Waals surface area contributed by atoms with Gasteiger partial charge in [0.2, 0.25) is 0 Å². The minimum absolute atomic E-state index is 0.715. The zero-order valence-corrected chi connectivity index (χ0v) is 9.41. The van der Waals surface area contributed by atoms with E-state index in [2.05, 4.69) is 6.07 Å². The van der Waals surface area contributed by atoms with E-state index in [1.807, 2.05) is 12.1 Å². The fourth-order valence-corrected chi connectivity index (χ4v) is 2.14. The summed E-state index contributed by atoms with van der Waals surface area (Å²) in [6.07, 6.45) is 3.45. The van der Waals surface area contributed by atoms with Gasteiger partial charge in [-0.3, -0.25) is 0 Å². The van der Waals surface area contributed by atoms with Crippen molar-refractivity contribution in [1.82, 2.24) is 0 Å². The molecule has 0 fully saturated rings. The fourth-order valence-electron chi connectivity index (χ4n) is 2.14. The molecule has 0 saturated carbocycles. The molecule has 0 aliphatic heterocycles. The molecule has 1 aliphatic rings. The number of allylic oxidation sites excluding steroid dienone is 2. The van der Waals surface area contributed by atoms with Crippen LogP contribution in [0.15, 0.2) is 18.2 Å². The quantitative estimate of drug-likeness (QED) is 0.712. The summed E-state index contributed by atoms with van der Waals surface area (Å²) in [6.45, 7) is 0. The molecule has 1 aromatic rings. The number of methoxy groups -OCH3 is 2. The minimum Gasteiger partial charge on any atom is -0.493 e. The van der Waals surface area contributed by atoms with Gasteiger partial charge < -0.3 is 9.47 Å². The smallest absolute Gasteiger partial charge is 0.168 e. The molecule has 0 unspecified atom stereocenters. The Morgan fingerprint density at radius 2 is 2.06 bits per heavy atom. The van der Waals surface area contributed by atoms with E-state index in [9.17, 15) is 0 Å². The van der Waals surface area contributed by atoms with E-state index < -0.39 is 0 Å². The molecule has 2 rings (SSSR count). The van der Waals surface area contributed by atoms with Crippen LogP contribution in [0.25, 0.3) is 5.57 Å². The average molecular weight is 215 g/mol. The molecular formula is C13H13NO2. The summed E-state index contributed by atoms with van der Waals surface area (Å²) in [5.74, 6) is 1.45. The lowest BCUT2D eigenvalue weighted by Crippen LogP contribution is -1.95. The maximum Gasteiger partial charge on any atom is 0.168 e. The highest BCUT2D eigenvalue weighted by atomic mass is 16.5. The molecule has 3 heteroatoms. The van der Waals surface area contributed by atoms with Gasteiger partial charge in [0.25, 0.3) is 0 Å². The minimum atomic E-state index is 0.715. The van der Waals surface area contributed by atoms with E-state index >= 15 is 0 Å². The average Bonchev–Trinajstić information content (AvgIpc) is 2.72. The van der Waals surface area contributed by atoms with Crippen LogP contribution in [0.3, 0.4) is 0 Å². The van der Waals surface area contributed by atoms with Gasteiger partial charge in [-0.25, -0.2) is 0 Å². The van der Waals surface area contributed by atoms with Gasteiger partial charge in [-0.1, -0.05) is 6.07 Å². The van der Waals surface area contributed by atoms with E-state index in [-0.39, 0.29) is 0 Å². The van der Waals surface area contributed by atoms with Gasteiger partial charge in [0.05, 0.1) is 20.3 Å². The lowest BCUT2D eigenvalue weighted by molar-refractivity contribution is 0.354. The molecule has 0 bridgehead atoms. The third-order valence-electron chi connectivity index (χ3n) is 2.86. The highest BCUT2D eigenvalue weighted by Crippen LogP contribution is 2.43. The number of fused-ring (bicyclic) bond motifs is 1. The Hall–Kier alpha value is -1.95. The van der Waals surface area contributed by atoms with E-state index in [1.54, 1.807) is 20.3 Å². The van der Waals surface area contributed by atoms with Crippen molar-refractivity contribution in [1.29, 1.82) is 5.26 Å². The topological polar surface area (TPSA) is 42.2 Å². The van der Waals surface area contributed by atoms with Crippen molar-refractivity contribution in [3.63, 3.8) is 0 Å². The maximum absolute atomic E-state index is 8.74. The van der Waals surface area contributed by atoms with Crippen LogP contribution in [0, 0.1) is 11.3 Å². The Labute approximate surface area is 94.9 Å². The van der Waals surface area contributed by atoms with E-state index in [1.165, 1.54) is 5.56 Å². The van der Waals surface area contributed by atoms with Crippen molar-refractivity contribution < 1.29 is 9.47 Å². The van der Waals surface area contributed by atoms with Gasteiger partial charge in [0.1, 0.15) is 0 Å². The Kier molecular flexibility index (Phi) is 2.82. The zero-order valence-electron chi connectivity index (χ0n) is 9.41. The number of benzene rings is 1. The number of aryl methyl sites for hydroxylation is 1. The van der Waals surface area contributed by atoms with E-state index in [4.69, 9.17) is 14.7 Å². The van der Waals surface area contributed by atoms with Gasteiger partial charge in [-0.05, 0) is 30.0 Å².